The van der Waals surface area contributed by atoms with E-state index in [2.05, 4.69) is 15.6 Å². The molecule has 1 aliphatic heterocycles. The average molecular weight is 343 g/mol. The van der Waals surface area contributed by atoms with Crippen LogP contribution < -0.4 is 15.4 Å². The molecule has 1 atom stereocenters. The molecular weight excluding hydrogens is 322 g/mol. The second kappa shape index (κ2) is 6.81. The summed E-state index contributed by atoms with van der Waals surface area (Å²) < 4.78 is 5.64. The molecule has 4 rings (SSSR count). The molecule has 2 aliphatic rings. The molecule has 2 amide bonds. The van der Waals surface area contributed by atoms with Gasteiger partial charge < -0.3 is 10.1 Å². The van der Waals surface area contributed by atoms with E-state index in [0.717, 1.165) is 30.6 Å². The highest BCUT2D eigenvalue weighted by Crippen LogP contribution is 2.32. The van der Waals surface area contributed by atoms with Crippen molar-refractivity contribution in [2.75, 3.05) is 11.9 Å². The number of benzene rings is 1. The van der Waals surface area contributed by atoms with E-state index in [4.69, 9.17) is 4.74 Å². The van der Waals surface area contributed by atoms with E-state index in [1.165, 1.54) is 29.8 Å². The summed E-state index contributed by atoms with van der Waals surface area (Å²) in [6.45, 7) is 0.619. The molecule has 0 fully saturated rings. The summed E-state index contributed by atoms with van der Waals surface area (Å²) >= 11 is 1.62. The van der Waals surface area contributed by atoms with Gasteiger partial charge in [0.15, 0.2) is 5.13 Å². The molecule has 2 aromatic rings. The maximum absolute atomic E-state index is 12.4. The molecule has 24 heavy (non-hydrogen) atoms. The molecule has 0 saturated carbocycles. The first kappa shape index (κ1) is 15.4. The third-order valence-electron chi connectivity index (χ3n) is 4.58. The smallest absolute Gasteiger partial charge is 0.321 e. The van der Waals surface area contributed by atoms with E-state index >= 15 is 0 Å². The molecule has 1 aliphatic carbocycles. The number of amides is 2. The van der Waals surface area contributed by atoms with Gasteiger partial charge in [-0.1, -0.05) is 24.6 Å². The van der Waals surface area contributed by atoms with E-state index < -0.39 is 0 Å². The third-order valence-corrected chi connectivity index (χ3v) is 5.65. The Labute approximate surface area is 145 Å². The van der Waals surface area contributed by atoms with Crippen LogP contribution in [0.4, 0.5) is 9.93 Å². The summed E-state index contributed by atoms with van der Waals surface area (Å²) in [4.78, 5) is 18.3. The van der Waals surface area contributed by atoms with Crippen molar-refractivity contribution < 1.29 is 9.53 Å². The third kappa shape index (κ3) is 3.24. The van der Waals surface area contributed by atoms with Crippen molar-refractivity contribution >= 4 is 22.5 Å². The standard InChI is InChI=1S/C18H21N3O2S/c22-17(19-13-10-11-23-15-8-5-4-6-12(13)15)21-18-20-14-7-2-1-3-9-16(14)24-18/h4-6,8,13H,1-3,7,9-11H2,(H2,19,20,21,22). The van der Waals surface area contributed by atoms with E-state index in [9.17, 15) is 4.79 Å². The molecule has 2 heterocycles. The quantitative estimate of drug-likeness (QED) is 0.808. The summed E-state index contributed by atoms with van der Waals surface area (Å²) in [6.07, 6.45) is 6.58. The number of urea groups is 1. The van der Waals surface area contributed by atoms with Gasteiger partial charge in [-0.2, -0.15) is 0 Å². The number of hydrogen-bond acceptors (Lipinski definition) is 4. The average Bonchev–Trinajstić information content (AvgIpc) is 2.83. The number of rotatable bonds is 2. The number of fused-ring (bicyclic) bond motifs is 2. The molecule has 0 radical (unpaired) electrons. The lowest BCUT2D eigenvalue weighted by atomic mass is 10.0. The molecule has 1 aromatic heterocycles. The second-order valence-corrected chi connectivity index (χ2v) is 7.36. The topological polar surface area (TPSA) is 63.2 Å². The zero-order chi connectivity index (χ0) is 16.4. The van der Waals surface area contributed by atoms with Crippen LogP contribution >= 0.6 is 11.3 Å². The zero-order valence-electron chi connectivity index (χ0n) is 13.5. The minimum absolute atomic E-state index is 0.0206. The molecule has 0 saturated heterocycles. The van der Waals surface area contributed by atoms with Crippen LogP contribution in [0.3, 0.4) is 0 Å². The van der Waals surface area contributed by atoms with E-state index in [1.54, 1.807) is 11.3 Å². The number of carbonyl (C=O) groups excluding carboxylic acids is 1. The summed E-state index contributed by atoms with van der Waals surface area (Å²) in [5.74, 6) is 0.856. The molecule has 0 spiro atoms. The van der Waals surface area contributed by atoms with Crippen molar-refractivity contribution in [1.82, 2.24) is 10.3 Å². The first-order valence-corrected chi connectivity index (χ1v) is 9.39. The fourth-order valence-electron chi connectivity index (χ4n) is 3.37. The maximum atomic E-state index is 12.4. The number of nitrogens with one attached hydrogen (secondary N) is 2. The normalized spacial score (nSPS) is 19.4. The molecule has 6 heteroatoms. The van der Waals surface area contributed by atoms with Crippen LogP contribution in [0.5, 0.6) is 5.75 Å². The Morgan fingerprint density at radius 2 is 2.08 bits per heavy atom. The fraction of sp³-hybridized carbons (Fsp3) is 0.444. The van der Waals surface area contributed by atoms with Gasteiger partial charge in [-0.05, 0) is 31.7 Å². The van der Waals surface area contributed by atoms with Gasteiger partial charge >= 0.3 is 6.03 Å². The van der Waals surface area contributed by atoms with E-state index in [1.807, 2.05) is 24.3 Å². The van der Waals surface area contributed by atoms with Gasteiger partial charge in [-0.25, -0.2) is 9.78 Å². The number of para-hydroxylation sites is 1. The molecular formula is C18H21N3O2S. The monoisotopic (exact) mass is 343 g/mol. The van der Waals surface area contributed by atoms with Crippen LogP contribution in [0.2, 0.25) is 0 Å². The van der Waals surface area contributed by atoms with Crippen molar-refractivity contribution in [3.63, 3.8) is 0 Å². The lowest BCUT2D eigenvalue weighted by molar-refractivity contribution is 0.232. The number of ether oxygens (including phenoxy) is 1. The molecule has 1 aromatic carbocycles. The van der Waals surface area contributed by atoms with Crippen LogP contribution in [0, 0.1) is 0 Å². The van der Waals surface area contributed by atoms with Crippen molar-refractivity contribution in [3.8, 4) is 5.75 Å². The Kier molecular flexibility index (Phi) is 4.38. The lowest BCUT2D eigenvalue weighted by Crippen LogP contribution is -2.35. The highest BCUT2D eigenvalue weighted by molar-refractivity contribution is 7.15. The van der Waals surface area contributed by atoms with Gasteiger partial charge in [0.1, 0.15) is 5.75 Å². The predicted octanol–water partition coefficient (Wildman–Crippen LogP) is 4.06. The molecule has 1 unspecified atom stereocenters. The van der Waals surface area contributed by atoms with Crippen LogP contribution in [0.25, 0.3) is 0 Å². The molecule has 2 N–H and O–H groups in total. The molecule has 0 bridgehead atoms. The fourth-order valence-corrected chi connectivity index (χ4v) is 4.41. The summed E-state index contributed by atoms with van der Waals surface area (Å²) in [7, 11) is 0. The van der Waals surface area contributed by atoms with Crippen molar-refractivity contribution in [2.24, 2.45) is 0 Å². The number of anilines is 1. The Morgan fingerprint density at radius 3 is 3.04 bits per heavy atom. The highest BCUT2D eigenvalue weighted by atomic mass is 32.1. The second-order valence-electron chi connectivity index (χ2n) is 6.28. The van der Waals surface area contributed by atoms with Crippen LogP contribution in [0.1, 0.15) is 47.9 Å². The number of hydrogen-bond donors (Lipinski definition) is 2. The van der Waals surface area contributed by atoms with Gasteiger partial charge in [0, 0.05) is 16.9 Å². The van der Waals surface area contributed by atoms with E-state index in [-0.39, 0.29) is 12.1 Å². The first-order valence-electron chi connectivity index (χ1n) is 8.57. The first-order chi connectivity index (χ1) is 11.8. The Morgan fingerprint density at radius 1 is 1.21 bits per heavy atom. The van der Waals surface area contributed by atoms with Crippen LogP contribution in [-0.2, 0) is 12.8 Å². The SMILES string of the molecule is O=C(Nc1nc2c(s1)CCCCC2)NC1CCOc2ccccc21. The minimum Gasteiger partial charge on any atom is -0.493 e. The van der Waals surface area contributed by atoms with Gasteiger partial charge in [-0.3, -0.25) is 5.32 Å². The number of aryl methyl sites for hydroxylation is 2. The zero-order valence-corrected chi connectivity index (χ0v) is 14.3. The number of thiazole rings is 1. The van der Waals surface area contributed by atoms with Gasteiger partial charge in [0.2, 0.25) is 0 Å². The lowest BCUT2D eigenvalue weighted by Gasteiger charge is -2.26. The van der Waals surface area contributed by atoms with E-state index in [0.29, 0.717) is 11.7 Å². The van der Waals surface area contributed by atoms with Crippen molar-refractivity contribution in [3.05, 3.63) is 40.4 Å². The Bertz CT molecular complexity index is 720. The number of carbonyl (C=O) groups is 1. The number of aromatic nitrogens is 1. The van der Waals surface area contributed by atoms with Gasteiger partial charge in [0.25, 0.3) is 0 Å². The van der Waals surface area contributed by atoms with Crippen molar-refractivity contribution in [2.45, 2.75) is 44.6 Å². The van der Waals surface area contributed by atoms with Crippen LogP contribution in [0.15, 0.2) is 24.3 Å². The van der Waals surface area contributed by atoms with Gasteiger partial charge in [-0.15, -0.1) is 11.3 Å². The number of nitrogens with zero attached hydrogens (tertiary/aromatic N) is 1. The predicted molar refractivity (Wildman–Crippen MR) is 94.8 cm³/mol. The Hall–Kier alpha value is -2.08. The summed E-state index contributed by atoms with van der Waals surface area (Å²) in [5.41, 5.74) is 2.21. The highest BCUT2D eigenvalue weighted by Gasteiger charge is 2.23. The van der Waals surface area contributed by atoms with Crippen molar-refractivity contribution in [1.29, 1.82) is 0 Å². The largest absolute Gasteiger partial charge is 0.493 e. The maximum Gasteiger partial charge on any atom is 0.321 e. The molecule has 5 nitrogen and oxygen atoms in total. The summed E-state index contributed by atoms with van der Waals surface area (Å²) in [6, 6.07) is 7.65. The summed E-state index contributed by atoms with van der Waals surface area (Å²) in [5, 5.41) is 6.68. The molecule has 126 valence electrons. The van der Waals surface area contributed by atoms with Crippen LogP contribution in [-0.4, -0.2) is 17.6 Å². The van der Waals surface area contributed by atoms with Gasteiger partial charge in [0.05, 0.1) is 18.3 Å². The minimum atomic E-state index is -0.194. The Balaban J connectivity index is 1.43.